The van der Waals surface area contributed by atoms with E-state index in [0.717, 1.165) is 0 Å². The fraction of sp³-hybridized carbons (Fsp3) is 0.0714. The molecule has 0 aliphatic rings. The minimum Gasteiger partial charge on any atom is -0.465 e. The van der Waals surface area contributed by atoms with Crippen molar-refractivity contribution in [3.8, 4) is 0 Å². The smallest absolute Gasteiger partial charge is 0.339 e. The first kappa shape index (κ1) is 13.5. The number of benzene rings is 1. The molecule has 0 saturated heterocycles. The molecule has 0 atom stereocenters. The minimum atomic E-state index is -0.588. The zero-order valence-electron chi connectivity index (χ0n) is 10.8. The number of esters is 1. The van der Waals surface area contributed by atoms with Crippen LogP contribution < -0.4 is 11.1 Å². The lowest BCUT2D eigenvalue weighted by Crippen LogP contribution is -2.17. The average Bonchev–Trinajstić information content (AvgIpc) is 2.47. The van der Waals surface area contributed by atoms with Crippen molar-refractivity contribution >= 4 is 23.4 Å². The fourth-order valence-electron chi connectivity index (χ4n) is 1.67. The summed E-state index contributed by atoms with van der Waals surface area (Å²) >= 11 is 0. The third-order valence-electron chi connectivity index (χ3n) is 2.66. The van der Waals surface area contributed by atoms with Crippen LogP contribution in [0.3, 0.4) is 0 Å². The summed E-state index contributed by atoms with van der Waals surface area (Å²) in [6, 6.07) is 9.73. The van der Waals surface area contributed by atoms with Crippen molar-refractivity contribution in [1.29, 1.82) is 0 Å². The van der Waals surface area contributed by atoms with Crippen LogP contribution >= 0.6 is 0 Å². The third-order valence-corrected chi connectivity index (χ3v) is 2.66. The van der Waals surface area contributed by atoms with E-state index >= 15 is 0 Å². The Hall–Kier alpha value is -2.89. The average molecular weight is 271 g/mol. The quantitative estimate of drug-likeness (QED) is 0.654. The molecule has 0 bridgehead atoms. The van der Waals surface area contributed by atoms with E-state index in [0.29, 0.717) is 5.82 Å². The number of pyridine rings is 1. The Morgan fingerprint density at radius 1 is 1.15 bits per heavy atom. The van der Waals surface area contributed by atoms with Gasteiger partial charge in [0.15, 0.2) is 0 Å². The second-order valence-corrected chi connectivity index (χ2v) is 3.93. The number of nitrogens with one attached hydrogen (secondary N) is 1. The molecule has 0 radical (unpaired) electrons. The summed E-state index contributed by atoms with van der Waals surface area (Å²) in [6.45, 7) is 0. The number of nitrogens with zero attached hydrogens (tertiary/aromatic N) is 1. The van der Waals surface area contributed by atoms with E-state index in [9.17, 15) is 9.59 Å². The molecule has 102 valence electrons. The number of rotatable bonds is 3. The molecule has 3 N–H and O–H groups in total. The van der Waals surface area contributed by atoms with E-state index in [-0.39, 0.29) is 16.8 Å². The van der Waals surface area contributed by atoms with Crippen LogP contribution in [0.25, 0.3) is 0 Å². The third kappa shape index (κ3) is 2.74. The van der Waals surface area contributed by atoms with Gasteiger partial charge in [0.05, 0.1) is 23.9 Å². The molecule has 0 aliphatic carbocycles. The van der Waals surface area contributed by atoms with Crippen molar-refractivity contribution < 1.29 is 14.3 Å². The molecule has 1 heterocycles. The van der Waals surface area contributed by atoms with Gasteiger partial charge in [0.25, 0.3) is 5.91 Å². The van der Waals surface area contributed by atoms with Crippen molar-refractivity contribution in [2.24, 2.45) is 0 Å². The molecule has 6 heteroatoms. The number of anilines is 2. The normalized spacial score (nSPS) is 9.85. The highest BCUT2D eigenvalue weighted by Crippen LogP contribution is 2.19. The molecule has 2 rings (SSSR count). The lowest BCUT2D eigenvalue weighted by Gasteiger charge is -2.09. The molecular formula is C14H13N3O3. The van der Waals surface area contributed by atoms with Crippen LogP contribution in [-0.2, 0) is 4.74 Å². The maximum Gasteiger partial charge on any atom is 0.339 e. The fourth-order valence-corrected chi connectivity index (χ4v) is 1.67. The molecule has 0 aliphatic heterocycles. The molecule has 20 heavy (non-hydrogen) atoms. The molecule has 1 amide bonds. The number of hydrogen-bond donors (Lipinski definition) is 2. The van der Waals surface area contributed by atoms with E-state index in [1.165, 1.54) is 19.2 Å². The number of nitrogen functional groups attached to an aromatic ring is 1. The molecule has 6 nitrogen and oxygen atoms in total. The summed E-state index contributed by atoms with van der Waals surface area (Å²) in [5.41, 5.74) is 6.26. The Labute approximate surface area is 115 Å². The van der Waals surface area contributed by atoms with E-state index in [1.807, 2.05) is 0 Å². The second-order valence-electron chi connectivity index (χ2n) is 3.93. The second kappa shape index (κ2) is 5.83. The SMILES string of the molecule is COC(=O)c1cccc(C(=O)Nc2ccccn2)c1N. The van der Waals surface area contributed by atoms with Gasteiger partial charge in [-0.25, -0.2) is 9.78 Å². The van der Waals surface area contributed by atoms with Gasteiger partial charge in [-0.3, -0.25) is 4.79 Å². The topological polar surface area (TPSA) is 94.3 Å². The van der Waals surface area contributed by atoms with Crippen LogP contribution in [0, 0.1) is 0 Å². The summed E-state index contributed by atoms with van der Waals surface area (Å²) < 4.78 is 4.61. The van der Waals surface area contributed by atoms with Gasteiger partial charge in [-0.05, 0) is 24.3 Å². The predicted octanol–water partition coefficient (Wildman–Crippen LogP) is 1.70. The first-order chi connectivity index (χ1) is 9.63. The maximum absolute atomic E-state index is 12.1. The summed E-state index contributed by atoms with van der Waals surface area (Å²) in [4.78, 5) is 27.6. The van der Waals surface area contributed by atoms with Crippen LogP contribution in [0.15, 0.2) is 42.6 Å². The number of methoxy groups -OCH3 is 1. The van der Waals surface area contributed by atoms with Gasteiger partial charge in [0, 0.05) is 6.20 Å². The van der Waals surface area contributed by atoms with Crippen molar-refractivity contribution in [2.75, 3.05) is 18.2 Å². The van der Waals surface area contributed by atoms with Gasteiger partial charge < -0.3 is 15.8 Å². The maximum atomic E-state index is 12.1. The van der Waals surface area contributed by atoms with E-state index in [2.05, 4.69) is 15.0 Å². The highest BCUT2D eigenvalue weighted by atomic mass is 16.5. The summed E-state index contributed by atoms with van der Waals surface area (Å²) in [7, 11) is 1.25. The zero-order chi connectivity index (χ0) is 14.5. The summed E-state index contributed by atoms with van der Waals surface area (Å²) in [5, 5.41) is 2.60. The van der Waals surface area contributed by atoms with Crippen LogP contribution in [0.5, 0.6) is 0 Å². The van der Waals surface area contributed by atoms with Gasteiger partial charge in [-0.1, -0.05) is 12.1 Å². The number of amides is 1. The van der Waals surface area contributed by atoms with Gasteiger partial charge in [0.1, 0.15) is 5.82 Å². The van der Waals surface area contributed by atoms with Gasteiger partial charge >= 0.3 is 5.97 Å². The molecule has 0 saturated carbocycles. The van der Waals surface area contributed by atoms with Gasteiger partial charge in [-0.15, -0.1) is 0 Å². The molecule has 0 unspecified atom stereocenters. The Bertz CT molecular complexity index is 641. The Morgan fingerprint density at radius 2 is 1.90 bits per heavy atom. The Morgan fingerprint density at radius 3 is 2.55 bits per heavy atom. The number of aromatic nitrogens is 1. The molecule has 0 spiro atoms. The van der Waals surface area contributed by atoms with E-state index in [4.69, 9.17) is 5.73 Å². The lowest BCUT2D eigenvalue weighted by atomic mass is 10.1. The largest absolute Gasteiger partial charge is 0.465 e. The number of carbonyl (C=O) groups excluding carboxylic acids is 2. The van der Waals surface area contributed by atoms with E-state index < -0.39 is 11.9 Å². The molecule has 1 aromatic carbocycles. The molecular weight excluding hydrogens is 258 g/mol. The van der Waals surface area contributed by atoms with Crippen LogP contribution in [-0.4, -0.2) is 24.0 Å². The van der Waals surface area contributed by atoms with Gasteiger partial charge in [-0.2, -0.15) is 0 Å². The Balaban J connectivity index is 2.29. The standard InChI is InChI=1S/C14H13N3O3/c1-20-14(19)10-6-4-5-9(12(10)15)13(18)17-11-7-2-3-8-16-11/h2-8H,15H2,1H3,(H,16,17,18). The Kier molecular flexibility index (Phi) is 3.95. The van der Waals surface area contributed by atoms with Crippen molar-refractivity contribution in [3.05, 3.63) is 53.7 Å². The number of nitrogens with two attached hydrogens (primary N) is 1. The minimum absolute atomic E-state index is 0.0766. The van der Waals surface area contributed by atoms with Crippen molar-refractivity contribution in [1.82, 2.24) is 4.98 Å². The van der Waals surface area contributed by atoms with Crippen LogP contribution in [0.4, 0.5) is 11.5 Å². The monoisotopic (exact) mass is 271 g/mol. The molecule has 2 aromatic rings. The number of para-hydroxylation sites is 1. The summed E-state index contributed by atoms with van der Waals surface area (Å²) in [6.07, 6.45) is 1.56. The highest BCUT2D eigenvalue weighted by Gasteiger charge is 2.17. The first-order valence-electron chi connectivity index (χ1n) is 5.82. The van der Waals surface area contributed by atoms with Crippen LogP contribution in [0.2, 0.25) is 0 Å². The molecule has 0 fully saturated rings. The highest BCUT2D eigenvalue weighted by molar-refractivity contribution is 6.10. The lowest BCUT2D eigenvalue weighted by molar-refractivity contribution is 0.0602. The molecule has 1 aromatic heterocycles. The first-order valence-corrected chi connectivity index (χ1v) is 5.82. The van der Waals surface area contributed by atoms with Crippen molar-refractivity contribution in [2.45, 2.75) is 0 Å². The summed E-state index contributed by atoms with van der Waals surface area (Å²) in [5.74, 6) is -0.623. The van der Waals surface area contributed by atoms with Crippen molar-refractivity contribution in [3.63, 3.8) is 0 Å². The number of hydrogen-bond acceptors (Lipinski definition) is 5. The number of carbonyl (C=O) groups is 2. The van der Waals surface area contributed by atoms with E-state index in [1.54, 1.807) is 30.5 Å². The zero-order valence-corrected chi connectivity index (χ0v) is 10.8. The number of ether oxygens (including phenoxy) is 1. The van der Waals surface area contributed by atoms with Crippen LogP contribution in [0.1, 0.15) is 20.7 Å². The predicted molar refractivity (Wildman–Crippen MR) is 74.4 cm³/mol. The van der Waals surface area contributed by atoms with Gasteiger partial charge in [0.2, 0.25) is 0 Å².